The summed E-state index contributed by atoms with van der Waals surface area (Å²) in [7, 11) is 0. The third kappa shape index (κ3) is 4.89. The van der Waals surface area contributed by atoms with Crippen molar-refractivity contribution in [3.8, 4) is 11.3 Å². The Balaban J connectivity index is 2.07. The summed E-state index contributed by atoms with van der Waals surface area (Å²) in [5.41, 5.74) is 3.00. The number of hydrogen-bond acceptors (Lipinski definition) is 3. The van der Waals surface area contributed by atoms with Crippen molar-refractivity contribution in [2.45, 2.75) is 13.8 Å². The third-order valence-electron chi connectivity index (χ3n) is 3.24. The Morgan fingerprint density at radius 1 is 1.13 bits per heavy atom. The lowest BCUT2D eigenvalue weighted by Gasteiger charge is -2.09. The van der Waals surface area contributed by atoms with Gasteiger partial charge in [0.2, 0.25) is 5.91 Å². The summed E-state index contributed by atoms with van der Waals surface area (Å²) < 4.78 is 0.981. The number of pyridine rings is 1. The second-order valence-electron chi connectivity index (χ2n) is 5.08. The summed E-state index contributed by atoms with van der Waals surface area (Å²) >= 11 is 3.44. The number of carbonyl (C=O) groups excluding carboxylic acids is 2. The van der Waals surface area contributed by atoms with Crippen LogP contribution in [0.1, 0.15) is 23.0 Å². The summed E-state index contributed by atoms with van der Waals surface area (Å²) in [6.45, 7) is 4.04. The number of amides is 2. The molecule has 1 heterocycles. The van der Waals surface area contributed by atoms with E-state index in [4.69, 9.17) is 0 Å². The molecular formula is C17H18BrN3O2. The number of benzene rings is 1. The van der Waals surface area contributed by atoms with Crippen LogP contribution >= 0.6 is 15.9 Å². The lowest BCUT2D eigenvalue weighted by molar-refractivity contribution is -0.118. The average Bonchev–Trinajstić information content (AvgIpc) is 2.51. The SMILES string of the molecule is CC(=O)NCCNC(=O)c1ccc(-c2cccc(Br)c2)nc1C. The van der Waals surface area contributed by atoms with Crippen LogP contribution in [-0.2, 0) is 4.79 Å². The molecule has 0 radical (unpaired) electrons. The van der Waals surface area contributed by atoms with Gasteiger partial charge in [-0.15, -0.1) is 0 Å². The van der Waals surface area contributed by atoms with Gasteiger partial charge in [0.1, 0.15) is 0 Å². The van der Waals surface area contributed by atoms with Crippen molar-refractivity contribution in [2.24, 2.45) is 0 Å². The molecule has 2 rings (SSSR count). The first-order valence-corrected chi connectivity index (χ1v) is 8.03. The first-order chi connectivity index (χ1) is 11.0. The van der Waals surface area contributed by atoms with Crippen molar-refractivity contribution in [3.63, 3.8) is 0 Å². The molecule has 5 nitrogen and oxygen atoms in total. The quantitative estimate of drug-likeness (QED) is 0.789. The molecule has 0 saturated carbocycles. The van der Waals surface area contributed by atoms with Crippen molar-refractivity contribution in [1.29, 1.82) is 0 Å². The summed E-state index contributed by atoms with van der Waals surface area (Å²) in [4.78, 5) is 27.4. The molecule has 23 heavy (non-hydrogen) atoms. The van der Waals surface area contributed by atoms with Gasteiger partial charge in [0.15, 0.2) is 0 Å². The van der Waals surface area contributed by atoms with Crippen LogP contribution in [-0.4, -0.2) is 29.9 Å². The Kier molecular flexibility index (Phi) is 5.87. The number of nitrogens with one attached hydrogen (secondary N) is 2. The van der Waals surface area contributed by atoms with Crippen LogP contribution in [0.3, 0.4) is 0 Å². The molecule has 120 valence electrons. The van der Waals surface area contributed by atoms with E-state index < -0.39 is 0 Å². The van der Waals surface area contributed by atoms with Gasteiger partial charge in [-0.1, -0.05) is 28.1 Å². The topological polar surface area (TPSA) is 71.1 Å². The van der Waals surface area contributed by atoms with Crippen molar-refractivity contribution in [3.05, 3.63) is 52.1 Å². The van der Waals surface area contributed by atoms with Crippen molar-refractivity contribution < 1.29 is 9.59 Å². The van der Waals surface area contributed by atoms with E-state index in [0.29, 0.717) is 24.3 Å². The number of halogens is 1. The van der Waals surface area contributed by atoms with Gasteiger partial charge in [-0.05, 0) is 31.2 Å². The van der Waals surface area contributed by atoms with Gasteiger partial charge >= 0.3 is 0 Å². The van der Waals surface area contributed by atoms with E-state index in [2.05, 4.69) is 31.5 Å². The summed E-state index contributed by atoms with van der Waals surface area (Å²) in [5.74, 6) is -0.309. The van der Waals surface area contributed by atoms with Crippen LogP contribution in [0.25, 0.3) is 11.3 Å². The fraction of sp³-hybridized carbons (Fsp3) is 0.235. The first-order valence-electron chi connectivity index (χ1n) is 7.23. The Bertz CT molecular complexity index is 732. The Labute approximate surface area is 143 Å². The summed E-state index contributed by atoms with van der Waals surface area (Å²) in [6, 6.07) is 11.4. The lowest BCUT2D eigenvalue weighted by Crippen LogP contribution is -2.34. The normalized spacial score (nSPS) is 10.2. The van der Waals surface area contributed by atoms with Crippen LogP contribution in [0, 0.1) is 6.92 Å². The highest BCUT2D eigenvalue weighted by Gasteiger charge is 2.11. The maximum absolute atomic E-state index is 12.1. The van der Waals surface area contributed by atoms with Crippen molar-refractivity contribution >= 4 is 27.7 Å². The zero-order valence-electron chi connectivity index (χ0n) is 13.0. The molecule has 0 atom stereocenters. The molecule has 2 N–H and O–H groups in total. The molecule has 0 aliphatic heterocycles. The van der Waals surface area contributed by atoms with E-state index in [0.717, 1.165) is 15.7 Å². The highest BCUT2D eigenvalue weighted by atomic mass is 79.9. The number of aryl methyl sites for hydroxylation is 1. The Morgan fingerprint density at radius 3 is 2.52 bits per heavy atom. The van der Waals surface area contributed by atoms with Gasteiger partial charge in [-0.2, -0.15) is 0 Å². The van der Waals surface area contributed by atoms with Gasteiger partial charge in [0.25, 0.3) is 5.91 Å². The van der Waals surface area contributed by atoms with E-state index in [9.17, 15) is 9.59 Å². The van der Waals surface area contributed by atoms with E-state index in [1.807, 2.05) is 37.3 Å². The van der Waals surface area contributed by atoms with E-state index in [1.165, 1.54) is 6.92 Å². The highest BCUT2D eigenvalue weighted by Crippen LogP contribution is 2.22. The minimum Gasteiger partial charge on any atom is -0.355 e. The van der Waals surface area contributed by atoms with Crippen LogP contribution in [0.15, 0.2) is 40.9 Å². The number of nitrogens with zero attached hydrogens (tertiary/aromatic N) is 1. The Morgan fingerprint density at radius 2 is 1.87 bits per heavy atom. The zero-order chi connectivity index (χ0) is 16.8. The number of rotatable bonds is 5. The molecule has 0 bridgehead atoms. The monoisotopic (exact) mass is 375 g/mol. The zero-order valence-corrected chi connectivity index (χ0v) is 14.6. The fourth-order valence-corrected chi connectivity index (χ4v) is 2.52. The molecule has 1 aromatic heterocycles. The standard InChI is InChI=1S/C17H18BrN3O2/c1-11-15(17(23)20-9-8-19-12(2)22)6-7-16(21-11)13-4-3-5-14(18)10-13/h3-7,10H,8-9H2,1-2H3,(H,19,22)(H,20,23). The van der Waals surface area contributed by atoms with Gasteiger partial charge in [-0.3, -0.25) is 14.6 Å². The van der Waals surface area contributed by atoms with Crippen LogP contribution in [0.2, 0.25) is 0 Å². The third-order valence-corrected chi connectivity index (χ3v) is 3.73. The molecule has 0 aliphatic rings. The summed E-state index contributed by atoms with van der Waals surface area (Å²) in [5, 5.41) is 5.39. The molecule has 2 aromatic rings. The van der Waals surface area contributed by atoms with Crippen molar-refractivity contribution in [1.82, 2.24) is 15.6 Å². The molecular weight excluding hydrogens is 358 g/mol. The van der Waals surface area contributed by atoms with Gasteiger partial charge in [0, 0.05) is 30.0 Å². The first kappa shape index (κ1) is 17.1. The van der Waals surface area contributed by atoms with Crippen molar-refractivity contribution in [2.75, 3.05) is 13.1 Å². The number of carbonyl (C=O) groups is 2. The van der Waals surface area contributed by atoms with Crippen LogP contribution in [0.4, 0.5) is 0 Å². The van der Waals surface area contributed by atoms with E-state index in [-0.39, 0.29) is 11.8 Å². The smallest absolute Gasteiger partial charge is 0.253 e. The van der Waals surface area contributed by atoms with Gasteiger partial charge < -0.3 is 10.6 Å². The fourth-order valence-electron chi connectivity index (χ4n) is 2.12. The average molecular weight is 376 g/mol. The predicted molar refractivity (Wildman–Crippen MR) is 93.1 cm³/mol. The minimum absolute atomic E-state index is 0.115. The minimum atomic E-state index is -0.193. The molecule has 0 unspecified atom stereocenters. The largest absolute Gasteiger partial charge is 0.355 e. The van der Waals surface area contributed by atoms with E-state index >= 15 is 0 Å². The molecule has 1 aromatic carbocycles. The number of hydrogen-bond donors (Lipinski definition) is 2. The van der Waals surface area contributed by atoms with Crippen LogP contribution < -0.4 is 10.6 Å². The highest BCUT2D eigenvalue weighted by molar-refractivity contribution is 9.10. The molecule has 0 saturated heterocycles. The molecule has 0 aliphatic carbocycles. The second-order valence-corrected chi connectivity index (χ2v) is 5.99. The van der Waals surface area contributed by atoms with Gasteiger partial charge in [-0.25, -0.2) is 0 Å². The molecule has 0 fully saturated rings. The lowest BCUT2D eigenvalue weighted by atomic mass is 10.1. The number of aromatic nitrogens is 1. The van der Waals surface area contributed by atoms with E-state index in [1.54, 1.807) is 6.07 Å². The predicted octanol–water partition coefficient (Wildman–Crippen LogP) is 2.69. The van der Waals surface area contributed by atoms with Crippen LogP contribution in [0.5, 0.6) is 0 Å². The summed E-state index contributed by atoms with van der Waals surface area (Å²) in [6.07, 6.45) is 0. The maximum atomic E-state index is 12.1. The second kappa shape index (κ2) is 7.87. The molecule has 6 heteroatoms. The molecule has 0 spiro atoms. The maximum Gasteiger partial charge on any atom is 0.253 e. The van der Waals surface area contributed by atoms with Gasteiger partial charge in [0.05, 0.1) is 17.0 Å². The Hall–Kier alpha value is -2.21. The molecule has 2 amide bonds.